The maximum absolute atomic E-state index is 5.45. The van der Waals surface area contributed by atoms with Crippen molar-refractivity contribution in [1.82, 2.24) is 4.98 Å². The molecule has 2 fully saturated rings. The maximum atomic E-state index is 5.45. The van der Waals surface area contributed by atoms with E-state index in [2.05, 4.69) is 34.3 Å². The number of anilines is 2. The third-order valence-corrected chi connectivity index (χ3v) is 4.49. The van der Waals surface area contributed by atoms with Crippen LogP contribution in [0.1, 0.15) is 32.6 Å². The Hall–Kier alpha value is -1.29. The predicted molar refractivity (Wildman–Crippen MR) is 82.3 cm³/mol. The number of nitrogens with one attached hydrogen (secondary N) is 1. The lowest BCUT2D eigenvalue weighted by atomic mass is 10.0. The quantitative estimate of drug-likeness (QED) is 0.917. The summed E-state index contributed by atoms with van der Waals surface area (Å²) in [6.07, 6.45) is 7.07. The number of piperidine rings is 1. The fourth-order valence-electron chi connectivity index (χ4n) is 3.11. The van der Waals surface area contributed by atoms with Gasteiger partial charge in [0.05, 0.1) is 18.5 Å². The first-order valence-corrected chi connectivity index (χ1v) is 7.88. The van der Waals surface area contributed by atoms with Crippen molar-refractivity contribution in [2.75, 3.05) is 36.5 Å². The van der Waals surface area contributed by atoms with E-state index in [1.54, 1.807) is 0 Å². The lowest BCUT2D eigenvalue weighted by Crippen LogP contribution is -2.30. The second-order valence-electron chi connectivity index (χ2n) is 6.01. The first-order valence-electron chi connectivity index (χ1n) is 7.88. The molecule has 3 heterocycles. The molecule has 2 saturated heterocycles. The van der Waals surface area contributed by atoms with Crippen molar-refractivity contribution in [3.8, 4) is 0 Å². The Balaban J connectivity index is 1.57. The molecule has 0 bridgehead atoms. The number of pyridine rings is 1. The van der Waals surface area contributed by atoms with Crippen molar-refractivity contribution in [2.24, 2.45) is 5.92 Å². The average Bonchev–Trinajstić information content (AvgIpc) is 3.03. The lowest BCUT2D eigenvalue weighted by Gasteiger charge is -2.28. The van der Waals surface area contributed by atoms with Gasteiger partial charge in [-0.05, 0) is 44.7 Å². The summed E-state index contributed by atoms with van der Waals surface area (Å²) >= 11 is 0. The van der Waals surface area contributed by atoms with Gasteiger partial charge in [0, 0.05) is 31.7 Å². The number of rotatable bonds is 4. The van der Waals surface area contributed by atoms with E-state index in [1.807, 2.05) is 6.20 Å². The summed E-state index contributed by atoms with van der Waals surface area (Å²) in [5.74, 6) is 1.74. The number of hydrogen-bond donors (Lipinski definition) is 1. The van der Waals surface area contributed by atoms with Gasteiger partial charge in [-0.15, -0.1) is 0 Å². The zero-order chi connectivity index (χ0) is 13.8. The smallest absolute Gasteiger partial charge is 0.128 e. The molecule has 1 aromatic rings. The van der Waals surface area contributed by atoms with Crippen LogP contribution in [0.2, 0.25) is 0 Å². The van der Waals surface area contributed by atoms with Gasteiger partial charge in [0.1, 0.15) is 5.82 Å². The molecule has 0 radical (unpaired) electrons. The van der Waals surface area contributed by atoms with Gasteiger partial charge in [-0.25, -0.2) is 4.98 Å². The van der Waals surface area contributed by atoms with E-state index in [0.717, 1.165) is 44.2 Å². The molecule has 3 rings (SSSR count). The summed E-state index contributed by atoms with van der Waals surface area (Å²) in [7, 11) is 0. The van der Waals surface area contributed by atoms with Gasteiger partial charge in [-0.1, -0.05) is 0 Å². The van der Waals surface area contributed by atoms with Crippen LogP contribution < -0.4 is 10.2 Å². The van der Waals surface area contributed by atoms with Gasteiger partial charge in [0.25, 0.3) is 0 Å². The van der Waals surface area contributed by atoms with Gasteiger partial charge in [-0.2, -0.15) is 0 Å². The molecule has 20 heavy (non-hydrogen) atoms. The monoisotopic (exact) mass is 275 g/mol. The Morgan fingerprint density at radius 2 is 2.15 bits per heavy atom. The van der Waals surface area contributed by atoms with Crippen molar-refractivity contribution < 1.29 is 4.74 Å². The highest BCUT2D eigenvalue weighted by Gasteiger charge is 2.22. The van der Waals surface area contributed by atoms with Crippen LogP contribution >= 0.6 is 0 Å². The largest absolute Gasteiger partial charge is 0.381 e. The van der Waals surface area contributed by atoms with E-state index in [-0.39, 0.29) is 0 Å². The van der Waals surface area contributed by atoms with E-state index in [9.17, 15) is 0 Å². The standard InChI is InChI=1S/C16H25N3O/c1-13(14-7-10-20-12-14)18-15-5-6-16(17-11-15)19-8-3-2-4-9-19/h5-6,11,13-14,18H,2-4,7-10,12H2,1H3. The van der Waals surface area contributed by atoms with Crippen LogP contribution in [-0.2, 0) is 4.74 Å². The van der Waals surface area contributed by atoms with Crippen LogP contribution in [0.15, 0.2) is 18.3 Å². The molecule has 2 aliphatic rings. The Kier molecular flexibility index (Phi) is 4.41. The summed E-state index contributed by atoms with van der Waals surface area (Å²) < 4.78 is 5.45. The van der Waals surface area contributed by atoms with E-state index >= 15 is 0 Å². The van der Waals surface area contributed by atoms with Crippen LogP contribution in [0.4, 0.5) is 11.5 Å². The third kappa shape index (κ3) is 3.23. The minimum absolute atomic E-state index is 0.445. The lowest BCUT2D eigenvalue weighted by molar-refractivity contribution is 0.183. The van der Waals surface area contributed by atoms with Crippen LogP contribution in [0, 0.1) is 5.92 Å². The molecule has 0 amide bonds. The highest BCUT2D eigenvalue weighted by atomic mass is 16.5. The molecule has 2 unspecified atom stereocenters. The normalized spacial score (nSPS) is 24.6. The molecule has 0 saturated carbocycles. The molecular weight excluding hydrogens is 250 g/mol. The van der Waals surface area contributed by atoms with Crippen LogP contribution in [0.5, 0.6) is 0 Å². The number of hydrogen-bond acceptors (Lipinski definition) is 4. The van der Waals surface area contributed by atoms with Gasteiger partial charge < -0.3 is 15.0 Å². The molecule has 1 N–H and O–H groups in total. The first-order chi connectivity index (χ1) is 9.83. The molecule has 4 nitrogen and oxygen atoms in total. The Morgan fingerprint density at radius 3 is 2.80 bits per heavy atom. The minimum Gasteiger partial charge on any atom is -0.381 e. The number of ether oxygens (including phenoxy) is 1. The fraction of sp³-hybridized carbons (Fsp3) is 0.688. The molecule has 4 heteroatoms. The van der Waals surface area contributed by atoms with Crippen LogP contribution in [0.3, 0.4) is 0 Å². The van der Waals surface area contributed by atoms with E-state index in [4.69, 9.17) is 4.74 Å². The highest BCUT2D eigenvalue weighted by molar-refractivity contribution is 5.49. The Morgan fingerprint density at radius 1 is 1.30 bits per heavy atom. The molecule has 2 aliphatic heterocycles. The predicted octanol–water partition coefficient (Wildman–Crippen LogP) is 2.91. The maximum Gasteiger partial charge on any atom is 0.128 e. The molecule has 0 aromatic carbocycles. The average molecular weight is 275 g/mol. The molecule has 110 valence electrons. The third-order valence-electron chi connectivity index (χ3n) is 4.49. The summed E-state index contributed by atoms with van der Waals surface area (Å²) in [5, 5.41) is 3.55. The van der Waals surface area contributed by atoms with Crippen molar-refractivity contribution in [1.29, 1.82) is 0 Å². The van der Waals surface area contributed by atoms with Gasteiger partial charge >= 0.3 is 0 Å². The summed E-state index contributed by atoms with van der Waals surface area (Å²) in [6, 6.07) is 4.74. The topological polar surface area (TPSA) is 37.4 Å². The van der Waals surface area contributed by atoms with Gasteiger partial charge in [-0.3, -0.25) is 0 Å². The van der Waals surface area contributed by atoms with Crippen LogP contribution in [-0.4, -0.2) is 37.3 Å². The first kappa shape index (κ1) is 13.7. The second-order valence-corrected chi connectivity index (χ2v) is 6.01. The molecule has 2 atom stereocenters. The van der Waals surface area contributed by atoms with Crippen molar-refractivity contribution in [3.05, 3.63) is 18.3 Å². The van der Waals surface area contributed by atoms with Crippen molar-refractivity contribution in [2.45, 2.75) is 38.6 Å². The second kappa shape index (κ2) is 6.44. The molecule has 0 spiro atoms. The Bertz CT molecular complexity index is 408. The summed E-state index contributed by atoms with van der Waals surface area (Å²) in [4.78, 5) is 7.00. The van der Waals surface area contributed by atoms with Crippen molar-refractivity contribution >= 4 is 11.5 Å². The number of nitrogens with zero attached hydrogens (tertiary/aromatic N) is 2. The number of aromatic nitrogens is 1. The zero-order valence-corrected chi connectivity index (χ0v) is 12.3. The minimum atomic E-state index is 0.445. The Labute approximate surface area is 121 Å². The van der Waals surface area contributed by atoms with Crippen LogP contribution in [0.25, 0.3) is 0 Å². The van der Waals surface area contributed by atoms with Gasteiger partial charge in [0.15, 0.2) is 0 Å². The van der Waals surface area contributed by atoms with E-state index < -0.39 is 0 Å². The molecule has 1 aromatic heterocycles. The fourth-order valence-corrected chi connectivity index (χ4v) is 3.11. The highest BCUT2D eigenvalue weighted by Crippen LogP contribution is 2.22. The summed E-state index contributed by atoms with van der Waals surface area (Å²) in [6.45, 7) is 6.32. The van der Waals surface area contributed by atoms with Crippen molar-refractivity contribution in [3.63, 3.8) is 0 Å². The summed E-state index contributed by atoms with van der Waals surface area (Å²) in [5.41, 5.74) is 1.12. The van der Waals surface area contributed by atoms with E-state index in [1.165, 1.54) is 19.3 Å². The van der Waals surface area contributed by atoms with E-state index in [0.29, 0.717) is 12.0 Å². The SMILES string of the molecule is CC(Nc1ccc(N2CCCCC2)nc1)C1CCOC1. The van der Waals surface area contributed by atoms with Gasteiger partial charge in [0.2, 0.25) is 0 Å². The molecule has 0 aliphatic carbocycles. The zero-order valence-electron chi connectivity index (χ0n) is 12.3. The molecular formula is C16H25N3O.